The standard InChI is InChI=1S/C12H17NO3/c1-3-11(13)9-4-6-10(7-5-9)16-8-12(14)15-2/h4-7,11H,3,8,13H2,1-2H3/t11-/m1/s1. The third-order valence-corrected chi connectivity index (χ3v) is 2.33. The normalized spacial score (nSPS) is 11.9. The van der Waals surface area contributed by atoms with Crippen molar-refractivity contribution in [1.29, 1.82) is 0 Å². The molecule has 0 aliphatic carbocycles. The van der Waals surface area contributed by atoms with E-state index in [0.29, 0.717) is 5.75 Å². The van der Waals surface area contributed by atoms with Crippen LogP contribution in [0.2, 0.25) is 0 Å². The van der Waals surface area contributed by atoms with Crippen molar-refractivity contribution in [2.45, 2.75) is 19.4 Å². The Morgan fingerprint density at radius 3 is 2.50 bits per heavy atom. The Labute approximate surface area is 95.3 Å². The van der Waals surface area contributed by atoms with Crippen molar-refractivity contribution in [3.63, 3.8) is 0 Å². The predicted octanol–water partition coefficient (Wildman–Crippen LogP) is 1.65. The quantitative estimate of drug-likeness (QED) is 0.771. The SMILES string of the molecule is CC[C@@H](N)c1ccc(OCC(=O)OC)cc1. The highest BCUT2D eigenvalue weighted by molar-refractivity contribution is 5.70. The largest absolute Gasteiger partial charge is 0.482 e. The molecular formula is C12H17NO3. The zero-order chi connectivity index (χ0) is 12.0. The molecule has 1 aromatic rings. The van der Waals surface area contributed by atoms with Gasteiger partial charge in [0.25, 0.3) is 0 Å². The summed E-state index contributed by atoms with van der Waals surface area (Å²) in [6.07, 6.45) is 0.891. The lowest BCUT2D eigenvalue weighted by atomic mass is 10.1. The van der Waals surface area contributed by atoms with Crippen LogP contribution in [0.5, 0.6) is 5.75 Å². The molecule has 4 heteroatoms. The van der Waals surface area contributed by atoms with Crippen molar-refractivity contribution in [2.24, 2.45) is 5.73 Å². The maximum atomic E-state index is 10.8. The second kappa shape index (κ2) is 6.12. The van der Waals surface area contributed by atoms with Crippen LogP contribution in [-0.4, -0.2) is 19.7 Å². The third kappa shape index (κ3) is 3.55. The number of hydrogen-bond acceptors (Lipinski definition) is 4. The summed E-state index contributed by atoms with van der Waals surface area (Å²) in [5, 5.41) is 0. The van der Waals surface area contributed by atoms with Gasteiger partial charge < -0.3 is 15.2 Å². The molecule has 88 valence electrons. The summed E-state index contributed by atoms with van der Waals surface area (Å²) >= 11 is 0. The van der Waals surface area contributed by atoms with E-state index in [1.165, 1.54) is 7.11 Å². The van der Waals surface area contributed by atoms with Crippen LogP contribution in [0.4, 0.5) is 0 Å². The van der Waals surface area contributed by atoms with E-state index in [4.69, 9.17) is 10.5 Å². The first-order chi connectivity index (χ1) is 7.67. The molecule has 0 spiro atoms. The Kier molecular flexibility index (Phi) is 4.79. The summed E-state index contributed by atoms with van der Waals surface area (Å²) in [5.41, 5.74) is 6.94. The summed E-state index contributed by atoms with van der Waals surface area (Å²) in [7, 11) is 1.33. The molecule has 1 rings (SSSR count). The molecule has 4 nitrogen and oxygen atoms in total. The Balaban J connectivity index is 2.54. The fraction of sp³-hybridized carbons (Fsp3) is 0.417. The summed E-state index contributed by atoms with van der Waals surface area (Å²) in [6, 6.07) is 7.46. The molecule has 0 bridgehead atoms. The van der Waals surface area contributed by atoms with E-state index in [-0.39, 0.29) is 12.6 Å². The van der Waals surface area contributed by atoms with Crippen LogP contribution in [-0.2, 0) is 9.53 Å². The van der Waals surface area contributed by atoms with Gasteiger partial charge in [-0.1, -0.05) is 19.1 Å². The highest BCUT2D eigenvalue weighted by Crippen LogP contribution is 2.18. The van der Waals surface area contributed by atoms with Crippen LogP contribution >= 0.6 is 0 Å². The van der Waals surface area contributed by atoms with E-state index in [9.17, 15) is 4.79 Å². The van der Waals surface area contributed by atoms with Crippen molar-refractivity contribution in [1.82, 2.24) is 0 Å². The predicted molar refractivity (Wildman–Crippen MR) is 61.2 cm³/mol. The van der Waals surface area contributed by atoms with Crippen LogP contribution in [0.1, 0.15) is 24.9 Å². The summed E-state index contributed by atoms with van der Waals surface area (Å²) in [6.45, 7) is 1.96. The van der Waals surface area contributed by atoms with Gasteiger partial charge in [0.1, 0.15) is 5.75 Å². The summed E-state index contributed by atoms with van der Waals surface area (Å²) in [5.74, 6) is 0.242. The zero-order valence-electron chi connectivity index (χ0n) is 9.60. The molecule has 0 aromatic heterocycles. The molecule has 16 heavy (non-hydrogen) atoms. The highest BCUT2D eigenvalue weighted by atomic mass is 16.6. The molecule has 1 aromatic carbocycles. The monoisotopic (exact) mass is 223 g/mol. The first-order valence-electron chi connectivity index (χ1n) is 5.22. The second-order valence-electron chi connectivity index (χ2n) is 3.45. The van der Waals surface area contributed by atoms with Crippen LogP contribution in [0.3, 0.4) is 0 Å². The van der Waals surface area contributed by atoms with Gasteiger partial charge in [-0.05, 0) is 24.1 Å². The van der Waals surface area contributed by atoms with Crippen molar-refractivity contribution < 1.29 is 14.3 Å². The molecule has 0 radical (unpaired) electrons. The molecular weight excluding hydrogens is 206 g/mol. The van der Waals surface area contributed by atoms with E-state index < -0.39 is 5.97 Å². The number of hydrogen-bond donors (Lipinski definition) is 1. The van der Waals surface area contributed by atoms with Gasteiger partial charge in [0.05, 0.1) is 7.11 Å². The van der Waals surface area contributed by atoms with Crippen molar-refractivity contribution >= 4 is 5.97 Å². The fourth-order valence-electron chi connectivity index (χ4n) is 1.25. The Bertz CT molecular complexity index is 335. The lowest BCUT2D eigenvalue weighted by Gasteiger charge is -2.10. The summed E-state index contributed by atoms with van der Waals surface area (Å²) < 4.78 is 9.68. The molecule has 0 saturated carbocycles. The number of nitrogens with two attached hydrogens (primary N) is 1. The topological polar surface area (TPSA) is 61.5 Å². The van der Waals surface area contributed by atoms with Gasteiger partial charge in [-0.3, -0.25) is 0 Å². The fourth-order valence-corrected chi connectivity index (χ4v) is 1.25. The number of carbonyl (C=O) groups excluding carboxylic acids is 1. The Morgan fingerprint density at radius 2 is 2.00 bits per heavy atom. The molecule has 0 heterocycles. The minimum atomic E-state index is -0.394. The molecule has 0 amide bonds. The van der Waals surface area contributed by atoms with Gasteiger partial charge in [-0.2, -0.15) is 0 Å². The third-order valence-electron chi connectivity index (χ3n) is 2.33. The number of carbonyl (C=O) groups is 1. The number of rotatable bonds is 5. The van der Waals surface area contributed by atoms with E-state index >= 15 is 0 Å². The lowest BCUT2D eigenvalue weighted by molar-refractivity contribution is -0.142. The molecule has 0 aliphatic heterocycles. The maximum Gasteiger partial charge on any atom is 0.343 e. The first kappa shape index (κ1) is 12.5. The average molecular weight is 223 g/mol. The van der Waals surface area contributed by atoms with Gasteiger partial charge in [0.2, 0.25) is 0 Å². The van der Waals surface area contributed by atoms with Crippen LogP contribution in [0.25, 0.3) is 0 Å². The zero-order valence-corrected chi connectivity index (χ0v) is 9.60. The molecule has 0 saturated heterocycles. The van der Waals surface area contributed by atoms with Crippen molar-refractivity contribution in [3.05, 3.63) is 29.8 Å². The molecule has 2 N–H and O–H groups in total. The molecule has 1 atom stereocenters. The number of methoxy groups -OCH3 is 1. The molecule has 0 unspecified atom stereocenters. The minimum Gasteiger partial charge on any atom is -0.482 e. The van der Waals surface area contributed by atoms with Crippen LogP contribution in [0.15, 0.2) is 24.3 Å². The van der Waals surface area contributed by atoms with E-state index in [0.717, 1.165) is 12.0 Å². The molecule has 0 fully saturated rings. The number of ether oxygens (including phenoxy) is 2. The number of esters is 1. The van der Waals surface area contributed by atoms with E-state index in [1.54, 1.807) is 12.1 Å². The van der Waals surface area contributed by atoms with E-state index in [1.807, 2.05) is 19.1 Å². The maximum absolute atomic E-state index is 10.8. The van der Waals surface area contributed by atoms with E-state index in [2.05, 4.69) is 4.74 Å². The Hall–Kier alpha value is -1.55. The van der Waals surface area contributed by atoms with Gasteiger partial charge in [0, 0.05) is 6.04 Å². The van der Waals surface area contributed by atoms with Crippen LogP contribution in [0, 0.1) is 0 Å². The van der Waals surface area contributed by atoms with Gasteiger partial charge >= 0.3 is 5.97 Å². The summed E-state index contributed by atoms with van der Waals surface area (Å²) in [4.78, 5) is 10.8. The van der Waals surface area contributed by atoms with Crippen molar-refractivity contribution in [3.8, 4) is 5.75 Å². The first-order valence-corrected chi connectivity index (χ1v) is 5.22. The highest BCUT2D eigenvalue weighted by Gasteiger charge is 2.04. The van der Waals surface area contributed by atoms with Gasteiger partial charge in [-0.25, -0.2) is 4.79 Å². The van der Waals surface area contributed by atoms with Crippen LogP contribution < -0.4 is 10.5 Å². The van der Waals surface area contributed by atoms with Gasteiger partial charge in [0.15, 0.2) is 6.61 Å². The molecule has 0 aliphatic rings. The minimum absolute atomic E-state index is 0.0506. The lowest BCUT2D eigenvalue weighted by Crippen LogP contribution is -2.12. The number of benzene rings is 1. The average Bonchev–Trinajstić information content (AvgIpc) is 2.35. The van der Waals surface area contributed by atoms with Gasteiger partial charge in [-0.15, -0.1) is 0 Å². The Morgan fingerprint density at radius 1 is 1.38 bits per heavy atom. The smallest absolute Gasteiger partial charge is 0.343 e. The second-order valence-corrected chi connectivity index (χ2v) is 3.45. The van der Waals surface area contributed by atoms with Crippen molar-refractivity contribution in [2.75, 3.05) is 13.7 Å².